The van der Waals surface area contributed by atoms with Gasteiger partial charge in [-0.1, -0.05) is 0 Å². The van der Waals surface area contributed by atoms with Crippen LogP contribution in [-0.4, -0.2) is 29.9 Å². The molecule has 0 aliphatic carbocycles. The van der Waals surface area contributed by atoms with Crippen molar-refractivity contribution in [1.82, 2.24) is 0 Å². The molecule has 0 saturated heterocycles. The van der Waals surface area contributed by atoms with E-state index in [0.717, 1.165) is 12.1 Å². The van der Waals surface area contributed by atoms with Crippen molar-refractivity contribution in [2.75, 3.05) is 12.4 Å². The number of methoxy groups -OCH3 is 1. The van der Waals surface area contributed by atoms with Gasteiger partial charge in [-0.3, -0.25) is 10.1 Å². The summed E-state index contributed by atoms with van der Waals surface area (Å²) >= 11 is 0. The number of rotatable bonds is 4. The second-order valence-electron chi connectivity index (χ2n) is 5.65. The Balaban J connectivity index is 2.95. The van der Waals surface area contributed by atoms with E-state index in [-0.39, 0.29) is 17.7 Å². The van der Waals surface area contributed by atoms with Gasteiger partial charge < -0.3 is 14.6 Å². The number of hydrogen-bond acceptors (Lipinski definition) is 5. The molecule has 0 aliphatic heterocycles. The van der Waals surface area contributed by atoms with Crippen LogP contribution in [0.25, 0.3) is 0 Å². The normalized spacial score (nSPS) is 12.5. The molecule has 0 spiro atoms. The van der Waals surface area contributed by atoms with Gasteiger partial charge in [-0.05, 0) is 39.0 Å². The molecule has 0 aliphatic rings. The van der Waals surface area contributed by atoms with Crippen LogP contribution in [0.1, 0.15) is 38.9 Å². The van der Waals surface area contributed by atoms with Crippen molar-refractivity contribution >= 4 is 17.7 Å². The van der Waals surface area contributed by atoms with Crippen LogP contribution in [0.5, 0.6) is 0 Å². The fraction of sp³-hybridized carbons (Fsp3) is 0.467. The van der Waals surface area contributed by atoms with Gasteiger partial charge in [0.1, 0.15) is 11.4 Å². The molecule has 0 saturated carbocycles. The number of anilines is 1. The Morgan fingerprint density at radius 2 is 2.00 bits per heavy atom. The molecule has 0 bridgehead atoms. The maximum absolute atomic E-state index is 13.4. The quantitative estimate of drug-likeness (QED) is 0.835. The number of benzene rings is 1. The molecule has 1 aromatic rings. The molecule has 6 nitrogen and oxygen atoms in total. The fourth-order valence-electron chi connectivity index (χ4n) is 1.69. The van der Waals surface area contributed by atoms with E-state index in [0.29, 0.717) is 0 Å². The molecule has 1 aromatic carbocycles. The van der Waals surface area contributed by atoms with Gasteiger partial charge in [0.25, 0.3) is 0 Å². The van der Waals surface area contributed by atoms with Crippen LogP contribution in [0.4, 0.5) is 14.9 Å². The number of hydrogen-bond donors (Lipinski definition) is 2. The first-order valence-corrected chi connectivity index (χ1v) is 6.66. The highest BCUT2D eigenvalue weighted by Crippen LogP contribution is 2.27. The molecule has 0 fully saturated rings. The van der Waals surface area contributed by atoms with Gasteiger partial charge in [0.15, 0.2) is 0 Å². The van der Waals surface area contributed by atoms with Crippen molar-refractivity contribution in [3.63, 3.8) is 0 Å². The monoisotopic (exact) mass is 313 g/mol. The lowest BCUT2D eigenvalue weighted by Crippen LogP contribution is -2.27. The summed E-state index contributed by atoms with van der Waals surface area (Å²) in [4.78, 5) is 23.0. The standard InChI is InChI=1S/C15H20FNO5/c1-15(2,3)22-14(20)17-11-6-5-9(16)7-10(11)12(18)8-13(19)21-4/h5-7,12,18H,8H2,1-4H3,(H,17,20). The Labute approximate surface area is 128 Å². The summed E-state index contributed by atoms with van der Waals surface area (Å²) in [6.07, 6.45) is -2.41. The van der Waals surface area contributed by atoms with Crippen LogP contribution in [0.2, 0.25) is 0 Å². The largest absolute Gasteiger partial charge is 0.469 e. The minimum absolute atomic E-state index is 0.0660. The first-order chi connectivity index (χ1) is 10.1. The Hall–Kier alpha value is -2.15. The van der Waals surface area contributed by atoms with E-state index in [1.54, 1.807) is 20.8 Å². The predicted molar refractivity (Wildman–Crippen MR) is 77.8 cm³/mol. The lowest BCUT2D eigenvalue weighted by atomic mass is 10.0. The van der Waals surface area contributed by atoms with Crippen molar-refractivity contribution in [1.29, 1.82) is 0 Å². The van der Waals surface area contributed by atoms with Gasteiger partial charge in [0.2, 0.25) is 0 Å². The first kappa shape index (κ1) is 17.9. The van der Waals surface area contributed by atoms with Gasteiger partial charge >= 0.3 is 12.1 Å². The third-order valence-electron chi connectivity index (χ3n) is 2.60. The average Bonchev–Trinajstić information content (AvgIpc) is 2.38. The maximum atomic E-state index is 13.4. The lowest BCUT2D eigenvalue weighted by Gasteiger charge is -2.21. The second kappa shape index (κ2) is 7.22. The Morgan fingerprint density at radius 1 is 1.36 bits per heavy atom. The highest BCUT2D eigenvalue weighted by atomic mass is 19.1. The zero-order chi connectivity index (χ0) is 16.9. The number of amides is 1. The van der Waals surface area contributed by atoms with Crippen molar-refractivity contribution in [3.05, 3.63) is 29.6 Å². The summed E-state index contributed by atoms with van der Waals surface area (Å²) in [7, 11) is 1.18. The maximum Gasteiger partial charge on any atom is 0.412 e. The molecule has 1 rings (SSSR count). The van der Waals surface area contributed by atoms with E-state index in [4.69, 9.17) is 4.74 Å². The van der Waals surface area contributed by atoms with Gasteiger partial charge in [-0.2, -0.15) is 0 Å². The third kappa shape index (κ3) is 5.69. The topological polar surface area (TPSA) is 84.9 Å². The highest BCUT2D eigenvalue weighted by molar-refractivity contribution is 5.86. The molecule has 22 heavy (non-hydrogen) atoms. The molecular weight excluding hydrogens is 293 g/mol. The van der Waals surface area contributed by atoms with Crippen LogP contribution in [0, 0.1) is 5.82 Å². The summed E-state index contributed by atoms with van der Waals surface area (Å²) in [5.74, 6) is -1.26. The van der Waals surface area contributed by atoms with Gasteiger partial charge in [-0.25, -0.2) is 9.18 Å². The second-order valence-corrected chi connectivity index (χ2v) is 5.65. The number of nitrogens with one attached hydrogen (secondary N) is 1. The average molecular weight is 313 g/mol. The molecule has 0 radical (unpaired) electrons. The van der Waals surface area contributed by atoms with Gasteiger partial charge in [-0.15, -0.1) is 0 Å². The van der Waals surface area contributed by atoms with E-state index < -0.39 is 29.6 Å². The van der Waals surface area contributed by atoms with Crippen LogP contribution < -0.4 is 5.32 Å². The lowest BCUT2D eigenvalue weighted by molar-refractivity contribution is -0.142. The number of halogens is 1. The van der Waals surface area contributed by atoms with Crippen molar-refractivity contribution in [2.24, 2.45) is 0 Å². The number of carbonyl (C=O) groups is 2. The summed E-state index contributed by atoms with van der Waals surface area (Å²) in [6, 6.07) is 3.45. The van der Waals surface area contributed by atoms with Gasteiger partial charge in [0.05, 0.1) is 25.3 Å². The Bertz CT molecular complexity index is 553. The minimum Gasteiger partial charge on any atom is -0.469 e. The van der Waals surface area contributed by atoms with Gasteiger partial charge in [0, 0.05) is 5.56 Å². The molecular formula is C15H20FNO5. The van der Waals surface area contributed by atoms with Crippen LogP contribution in [0.3, 0.4) is 0 Å². The molecule has 1 amide bonds. The fourth-order valence-corrected chi connectivity index (χ4v) is 1.69. The van der Waals surface area contributed by atoms with Crippen molar-refractivity contribution < 1.29 is 28.6 Å². The smallest absolute Gasteiger partial charge is 0.412 e. The number of esters is 1. The van der Waals surface area contributed by atoms with Crippen molar-refractivity contribution in [2.45, 2.75) is 38.9 Å². The Kier molecular flexibility index (Phi) is 5.87. The molecule has 0 aromatic heterocycles. The molecule has 2 N–H and O–H groups in total. The number of carbonyl (C=O) groups excluding carboxylic acids is 2. The van der Waals surface area contributed by atoms with E-state index in [9.17, 15) is 19.1 Å². The SMILES string of the molecule is COC(=O)CC(O)c1cc(F)ccc1NC(=O)OC(C)(C)C. The van der Waals surface area contributed by atoms with Crippen LogP contribution in [0.15, 0.2) is 18.2 Å². The van der Waals surface area contributed by atoms with E-state index in [2.05, 4.69) is 10.1 Å². The van der Waals surface area contributed by atoms with Crippen LogP contribution >= 0.6 is 0 Å². The Morgan fingerprint density at radius 3 is 2.55 bits per heavy atom. The van der Waals surface area contributed by atoms with E-state index in [1.807, 2.05) is 0 Å². The summed E-state index contributed by atoms with van der Waals surface area (Å²) in [5, 5.41) is 12.4. The summed E-state index contributed by atoms with van der Waals surface area (Å²) in [5.41, 5.74) is -0.474. The molecule has 1 unspecified atom stereocenters. The molecule has 0 heterocycles. The summed E-state index contributed by atoms with van der Waals surface area (Å²) < 4.78 is 22.9. The summed E-state index contributed by atoms with van der Waals surface area (Å²) in [6.45, 7) is 5.10. The molecule has 7 heteroatoms. The molecule has 1 atom stereocenters. The third-order valence-corrected chi connectivity index (χ3v) is 2.60. The van der Waals surface area contributed by atoms with Crippen molar-refractivity contribution in [3.8, 4) is 0 Å². The zero-order valence-electron chi connectivity index (χ0n) is 13.0. The highest BCUT2D eigenvalue weighted by Gasteiger charge is 2.21. The van der Waals surface area contributed by atoms with E-state index in [1.165, 1.54) is 13.2 Å². The zero-order valence-corrected chi connectivity index (χ0v) is 13.0. The first-order valence-electron chi connectivity index (χ1n) is 6.66. The number of aliphatic hydroxyl groups excluding tert-OH is 1. The number of ether oxygens (including phenoxy) is 2. The minimum atomic E-state index is -1.31. The predicted octanol–water partition coefficient (Wildman–Crippen LogP) is 2.77. The van der Waals surface area contributed by atoms with E-state index >= 15 is 0 Å². The van der Waals surface area contributed by atoms with Crippen LogP contribution in [-0.2, 0) is 14.3 Å². The molecule has 122 valence electrons. The number of aliphatic hydroxyl groups is 1.